The van der Waals surface area contributed by atoms with Crippen molar-refractivity contribution in [1.29, 1.82) is 5.41 Å². The Kier molecular flexibility index (Phi) is 3.78. The monoisotopic (exact) mass is 253 g/mol. The van der Waals surface area contributed by atoms with Crippen LogP contribution >= 0.6 is 0 Å². The number of nitrogen functional groups attached to an aromatic ring is 1. The Morgan fingerprint density at radius 2 is 2.39 bits per heavy atom. The molecule has 4 N–H and O–H groups in total. The molecule has 1 heterocycles. The molecule has 0 radical (unpaired) electrons. The van der Waals surface area contributed by atoms with E-state index in [0.717, 1.165) is 0 Å². The lowest BCUT2D eigenvalue weighted by Gasteiger charge is -2.34. The summed E-state index contributed by atoms with van der Waals surface area (Å²) in [5.74, 6) is -0.590. The normalized spacial score (nSPS) is 19.9. The molecule has 0 bridgehead atoms. The maximum absolute atomic E-state index is 13.2. The van der Waals surface area contributed by atoms with Crippen molar-refractivity contribution in [3.8, 4) is 0 Å². The molecule has 0 saturated carbocycles. The quantitative estimate of drug-likeness (QED) is 0.535. The molecule has 98 valence electrons. The second-order valence-electron chi connectivity index (χ2n) is 4.20. The predicted octanol–water partition coefficient (Wildman–Crippen LogP) is 0.307. The molecule has 1 aromatic rings. The molecular weight excluding hydrogens is 237 g/mol. The van der Waals surface area contributed by atoms with Crippen LogP contribution in [0.2, 0.25) is 0 Å². The van der Waals surface area contributed by atoms with Crippen molar-refractivity contribution >= 4 is 11.5 Å². The zero-order chi connectivity index (χ0) is 13.1. The molecule has 2 rings (SSSR count). The first-order valence-electron chi connectivity index (χ1n) is 5.73. The van der Waals surface area contributed by atoms with E-state index < -0.39 is 5.82 Å². The fraction of sp³-hybridized carbons (Fsp3) is 0.417. The standard InChI is InChI=1S/C12H16FN3O2/c13-8-1-2-11(10(5-8)12(14)15)16-3-4-18-9(6-16)7-17/h1-2,5,9,17H,3-4,6-7H2,(H3,14,15). The van der Waals surface area contributed by atoms with E-state index >= 15 is 0 Å². The highest BCUT2D eigenvalue weighted by Gasteiger charge is 2.22. The molecule has 1 aliphatic rings. The number of nitrogens with two attached hydrogens (primary N) is 1. The summed E-state index contributed by atoms with van der Waals surface area (Å²) in [6.45, 7) is 1.55. The average molecular weight is 253 g/mol. The van der Waals surface area contributed by atoms with Crippen LogP contribution in [0.15, 0.2) is 18.2 Å². The summed E-state index contributed by atoms with van der Waals surface area (Å²) in [5.41, 5.74) is 6.54. The first-order valence-corrected chi connectivity index (χ1v) is 5.73. The van der Waals surface area contributed by atoms with E-state index in [-0.39, 0.29) is 18.5 Å². The van der Waals surface area contributed by atoms with Crippen LogP contribution in [0.25, 0.3) is 0 Å². The summed E-state index contributed by atoms with van der Waals surface area (Å²) in [7, 11) is 0. The van der Waals surface area contributed by atoms with Crippen LogP contribution in [0, 0.1) is 11.2 Å². The maximum Gasteiger partial charge on any atom is 0.125 e. The SMILES string of the molecule is N=C(N)c1cc(F)ccc1N1CCOC(CO)C1. The number of hydrogen-bond acceptors (Lipinski definition) is 4. The number of aliphatic hydroxyl groups excluding tert-OH is 1. The number of ether oxygens (including phenoxy) is 1. The lowest BCUT2D eigenvalue weighted by atomic mass is 10.1. The number of halogens is 1. The van der Waals surface area contributed by atoms with Gasteiger partial charge in [0, 0.05) is 24.3 Å². The van der Waals surface area contributed by atoms with Crippen molar-refractivity contribution in [1.82, 2.24) is 0 Å². The number of amidine groups is 1. The molecule has 0 aliphatic carbocycles. The Morgan fingerprint density at radius 1 is 1.61 bits per heavy atom. The Morgan fingerprint density at radius 3 is 3.06 bits per heavy atom. The van der Waals surface area contributed by atoms with Crippen molar-refractivity contribution < 1.29 is 14.2 Å². The molecule has 1 fully saturated rings. The van der Waals surface area contributed by atoms with Gasteiger partial charge in [0.25, 0.3) is 0 Å². The molecular formula is C12H16FN3O2. The van der Waals surface area contributed by atoms with Crippen LogP contribution in [-0.4, -0.2) is 43.3 Å². The van der Waals surface area contributed by atoms with Gasteiger partial charge in [-0.3, -0.25) is 5.41 Å². The lowest BCUT2D eigenvalue weighted by Crippen LogP contribution is -2.44. The van der Waals surface area contributed by atoms with E-state index in [1.54, 1.807) is 6.07 Å². The van der Waals surface area contributed by atoms with Gasteiger partial charge in [0.15, 0.2) is 0 Å². The number of anilines is 1. The number of benzene rings is 1. The highest BCUT2D eigenvalue weighted by atomic mass is 19.1. The number of hydrogen-bond donors (Lipinski definition) is 3. The minimum Gasteiger partial charge on any atom is -0.394 e. The topological polar surface area (TPSA) is 82.6 Å². The molecule has 0 spiro atoms. The molecule has 0 aromatic heterocycles. The van der Waals surface area contributed by atoms with Gasteiger partial charge in [-0.1, -0.05) is 0 Å². The molecule has 0 amide bonds. The van der Waals surface area contributed by atoms with Gasteiger partial charge >= 0.3 is 0 Å². The zero-order valence-corrected chi connectivity index (χ0v) is 9.90. The van der Waals surface area contributed by atoms with E-state index in [1.807, 2.05) is 4.90 Å². The minimum absolute atomic E-state index is 0.0624. The first-order chi connectivity index (χ1) is 8.61. The molecule has 6 heteroatoms. The van der Waals surface area contributed by atoms with E-state index in [9.17, 15) is 4.39 Å². The summed E-state index contributed by atoms with van der Waals surface area (Å²) in [6.07, 6.45) is -0.261. The van der Waals surface area contributed by atoms with Crippen LogP contribution in [-0.2, 0) is 4.74 Å². The number of morpholine rings is 1. The Bertz CT molecular complexity index is 453. The van der Waals surface area contributed by atoms with Gasteiger partial charge in [-0.15, -0.1) is 0 Å². The molecule has 1 atom stereocenters. The van der Waals surface area contributed by atoms with E-state index in [4.69, 9.17) is 21.0 Å². The Hall–Kier alpha value is -1.66. The molecule has 1 unspecified atom stereocenters. The summed E-state index contributed by atoms with van der Waals surface area (Å²) in [4.78, 5) is 1.94. The third-order valence-electron chi connectivity index (χ3n) is 2.93. The van der Waals surface area contributed by atoms with Crippen molar-refractivity contribution in [2.75, 3.05) is 31.2 Å². The van der Waals surface area contributed by atoms with Crippen molar-refractivity contribution in [3.05, 3.63) is 29.6 Å². The van der Waals surface area contributed by atoms with Gasteiger partial charge in [-0.25, -0.2) is 4.39 Å². The molecule has 1 saturated heterocycles. The smallest absolute Gasteiger partial charge is 0.125 e. The van der Waals surface area contributed by atoms with E-state index in [0.29, 0.717) is 30.9 Å². The van der Waals surface area contributed by atoms with Crippen LogP contribution in [0.1, 0.15) is 5.56 Å². The van der Waals surface area contributed by atoms with E-state index in [1.165, 1.54) is 12.1 Å². The number of aliphatic hydroxyl groups is 1. The molecule has 5 nitrogen and oxygen atoms in total. The first kappa shape index (κ1) is 12.8. The molecule has 1 aromatic carbocycles. The predicted molar refractivity (Wildman–Crippen MR) is 66.5 cm³/mol. The third kappa shape index (κ3) is 2.60. The van der Waals surface area contributed by atoms with Crippen LogP contribution in [0.4, 0.5) is 10.1 Å². The van der Waals surface area contributed by atoms with E-state index in [2.05, 4.69) is 0 Å². The van der Waals surface area contributed by atoms with Gasteiger partial charge < -0.3 is 20.5 Å². The van der Waals surface area contributed by atoms with Gasteiger partial charge in [0.2, 0.25) is 0 Å². The summed E-state index contributed by atoms with van der Waals surface area (Å²) in [5, 5.41) is 16.6. The van der Waals surface area contributed by atoms with Gasteiger partial charge in [-0.2, -0.15) is 0 Å². The summed E-state index contributed by atoms with van der Waals surface area (Å²) < 4.78 is 18.5. The van der Waals surface area contributed by atoms with Crippen molar-refractivity contribution in [3.63, 3.8) is 0 Å². The average Bonchev–Trinajstić information content (AvgIpc) is 2.38. The maximum atomic E-state index is 13.2. The minimum atomic E-state index is -0.420. The largest absolute Gasteiger partial charge is 0.394 e. The second kappa shape index (κ2) is 5.32. The van der Waals surface area contributed by atoms with Crippen LogP contribution < -0.4 is 10.6 Å². The fourth-order valence-electron chi connectivity index (χ4n) is 2.05. The Balaban J connectivity index is 2.29. The van der Waals surface area contributed by atoms with Crippen LogP contribution in [0.3, 0.4) is 0 Å². The highest BCUT2D eigenvalue weighted by Crippen LogP contribution is 2.23. The second-order valence-corrected chi connectivity index (χ2v) is 4.20. The summed E-state index contributed by atoms with van der Waals surface area (Å²) in [6, 6.07) is 4.19. The zero-order valence-electron chi connectivity index (χ0n) is 9.90. The summed E-state index contributed by atoms with van der Waals surface area (Å²) >= 11 is 0. The lowest BCUT2D eigenvalue weighted by molar-refractivity contribution is 0.00356. The molecule has 18 heavy (non-hydrogen) atoms. The number of nitrogens with zero attached hydrogens (tertiary/aromatic N) is 1. The van der Waals surface area contributed by atoms with Crippen molar-refractivity contribution in [2.24, 2.45) is 5.73 Å². The van der Waals surface area contributed by atoms with Crippen LogP contribution in [0.5, 0.6) is 0 Å². The third-order valence-corrected chi connectivity index (χ3v) is 2.93. The van der Waals surface area contributed by atoms with Gasteiger partial charge in [0.05, 0.1) is 19.3 Å². The fourth-order valence-corrected chi connectivity index (χ4v) is 2.05. The van der Waals surface area contributed by atoms with Crippen molar-refractivity contribution in [2.45, 2.75) is 6.10 Å². The highest BCUT2D eigenvalue weighted by molar-refractivity contribution is 6.00. The van der Waals surface area contributed by atoms with Gasteiger partial charge in [-0.05, 0) is 18.2 Å². The number of rotatable bonds is 3. The van der Waals surface area contributed by atoms with Gasteiger partial charge in [0.1, 0.15) is 11.7 Å². The Labute approximate surface area is 104 Å². The molecule has 1 aliphatic heterocycles. The number of nitrogens with one attached hydrogen (secondary N) is 1.